The number of imide groups is 1. The number of aromatic nitrogens is 4. The smallest absolute Gasteiger partial charge is 0.323 e. The normalized spacial score (nSPS) is 16.3. The van der Waals surface area contributed by atoms with Gasteiger partial charge in [0.1, 0.15) is 0 Å². The summed E-state index contributed by atoms with van der Waals surface area (Å²) in [5.41, 5.74) is 0.400. The van der Waals surface area contributed by atoms with Gasteiger partial charge in [-0.3, -0.25) is 28.4 Å². The zero-order valence-corrected chi connectivity index (χ0v) is 19.2. The van der Waals surface area contributed by atoms with Crippen LogP contribution in [-0.2, 0) is 22.7 Å². The average Bonchev–Trinajstić information content (AvgIpc) is 3.33. The highest BCUT2D eigenvalue weighted by molar-refractivity contribution is 6.29. The zero-order valence-electron chi connectivity index (χ0n) is 18.4. The van der Waals surface area contributed by atoms with Crippen LogP contribution in [0.25, 0.3) is 11.2 Å². The van der Waals surface area contributed by atoms with Crippen LogP contribution in [0.3, 0.4) is 0 Å². The maximum atomic E-state index is 13.0. The number of rotatable bonds is 9. The molecule has 0 spiro atoms. The van der Waals surface area contributed by atoms with Crippen LogP contribution in [-0.4, -0.2) is 42.4 Å². The molecule has 3 aromatic rings. The third-order valence-electron chi connectivity index (χ3n) is 6.03. The minimum Gasteiger partial charge on any atom is -0.323 e. The second kappa shape index (κ2) is 9.74. The molecule has 1 aromatic carbocycles. The maximum Gasteiger partial charge on any atom is 0.332 e. The SMILES string of the molecule is CCCCn1c(=O)n(CCCCN2C(=O)CC(c3ccccc3)C2=O)c(=O)c2[nH]c(Cl)nc21. The van der Waals surface area contributed by atoms with Crippen LogP contribution in [0, 0.1) is 0 Å². The molecule has 1 unspecified atom stereocenters. The second-order valence-electron chi connectivity index (χ2n) is 8.23. The predicted octanol–water partition coefficient (Wildman–Crippen LogP) is 2.66. The van der Waals surface area contributed by atoms with Gasteiger partial charge in [0.25, 0.3) is 5.56 Å². The van der Waals surface area contributed by atoms with Gasteiger partial charge in [0.15, 0.2) is 11.2 Å². The first-order valence-corrected chi connectivity index (χ1v) is 11.6. The summed E-state index contributed by atoms with van der Waals surface area (Å²) in [6, 6.07) is 9.28. The number of aryl methyl sites for hydroxylation is 1. The molecule has 1 saturated heterocycles. The van der Waals surface area contributed by atoms with Crippen LogP contribution in [0.4, 0.5) is 0 Å². The van der Waals surface area contributed by atoms with Gasteiger partial charge in [0.2, 0.25) is 17.1 Å². The average molecular weight is 472 g/mol. The van der Waals surface area contributed by atoms with Crippen molar-refractivity contribution in [1.29, 1.82) is 0 Å². The van der Waals surface area contributed by atoms with E-state index in [0.717, 1.165) is 18.4 Å². The van der Waals surface area contributed by atoms with Gasteiger partial charge < -0.3 is 4.98 Å². The molecule has 1 atom stereocenters. The van der Waals surface area contributed by atoms with Gasteiger partial charge in [-0.1, -0.05) is 43.7 Å². The Morgan fingerprint density at radius 2 is 1.70 bits per heavy atom. The predicted molar refractivity (Wildman–Crippen MR) is 124 cm³/mol. The lowest BCUT2D eigenvalue weighted by Gasteiger charge is -2.15. The van der Waals surface area contributed by atoms with Crippen molar-refractivity contribution < 1.29 is 9.59 Å². The minimum atomic E-state index is -0.473. The minimum absolute atomic E-state index is 0.0588. The van der Waals surface area contributed by atoms with Crippen molar-refractivity contribution in [2.75, 3.05) is 6.54 Å². The molecule has 0 aliphatic carbocycles. The van der Waals surface area contributed by atoms with Gasteiger partial charge in [-0.25, -0.2) is 4.79 Å². The van der Waals surface area contributed by atoms with E-state index in [1.165, 1.54) is 14.0 Å². The van der Waals surface area contributed by atoms with Crippen LogP contribution in [0.5, 0.6) is 0 Å². The van der Waals surface area contributed by atoms with Crippen LogP contribution < -0.4 is 11.2 Å². The topological polar surface area (TPSA) is 110 Å². The quantitative estimate of drug-likeness (QED) is 0.293. The number of amides is 2. The number of imidazole rings is 1. The molecule has 0 radical (unpaired) electrons. The number of H-pyrrole nitrogens is 1. The Balaban J connectivity index is 1.45. The molecule has 0 saturated carbocycles. The number of benzene rings is 1. The molecular formula is C23H26ClN5O4. The Bertz CT molecular complexity index is 1290. The fourth-order valence-electron chi connectivity index (χ4n) is 4.26. The first kappa shape index (κ1) is 23.0. The van der Waals surface area contributed by atoms with Crippen molar-refractivity contribution in [3.8, 4) is 0 Å². The highest BCUT2D eigenvalue weighted by Gasteiger charge is 2.38. The molecule has 1 aliphatic rings. The van der Waals surface area contributed by atoms with Crippen molar-refractivity contribution in [2.45, 2.75) is 58.0 Å². The highest BCUT2D eigenvalue weighted by atomic mass is 35.5. The van der Waals surface area contributed by atoms with Gasteiger partial charge in [0.05, 0.1) is 5.92 Å². The van der Waals surface area contributed by atoms with Crippen molar-refractivity contribution in [2.24, 2.45) is 0 Å². The molecule has 10 heteroatoms. The fraction of sp³-hybridized carbons (Fsp3) is 0.435. The van der Waals surface area contributed by atoms with Crippen LogP contribution >= 0.6 is 11.6 Å². The number of aromatic amines is 1. The fourth-order valence-corrected chi connectivity index (χ4v) is 4.43. The first-order valence-electron chi connectivity index (χ1n) is 11.2. The standard InChI is InChI=1S/C23H26ClN5O4/c1-2-3-11-28-19-18(25-22(24)26-19)21(32)29(23(28)33)13-8-7-12-27-17(30)14-16(20(27)31)15-9-5-4-6-10-15/h4-6,9-10,16H,2-3,7-8,11-14H2,1H3,(H,25,26). The van der Waals surface area contributed by atoms with Crippen molar-refractivity contribution >= 4 is 34.6 Å². The van der Waals surface area contributed by atoms with Crippen LogP contribution in [0.2, 0.25) is 5.28 Å². The second-order valence-corrected chi connectivity index (χ2v) is 8.59. The number of halogens is 1. The van der Waals surface area contributed by atoms with Gasteiger partial charge in [-0.05, 0) is 36.4 Å². The van der Waals surface area contributed by atoms with E-state index in [4.69, 9.17) is 11.6 Å². The molecule has 1 fully saturated rings. The number of unbranched alkanes of at least 4 members (excludes halogenated alkanes) is 2. The molecular weight excluding hydrogens is 446 g/mol. The summed E-state index contributed by atoms with van der Waals surface area (Å²) >= 11 is 5.95. The van der Waals surface area contributed by atoms with Gasteiger partial charge in [-0.15, -0.1) is 0 Å². The van der Waals surface area contributed by atoms with E-state index < -0.39 is 17.2 Å². The molecule has 9 nitrogen and oxygen atoms in total. The van der Waals surface area contributed by atoms with Crippen LogP contribution in [0.1, 0.15) is 50.5 Å². The monoisotopic (exact) mass is 471 g/mol. The van der Waals surface area contributed by atoms with Gasteiger partial charge in [0, 0.05) is 26.1 Å². The van der Waals surface area contributed by atoms with E-state index in [1.807, 2.05) is 37.3 Å². The maximum absolute atomic E-state index is 13.0. The number of nitrogens with one attached hydrogen (secondary N) is 1. The van der Waals surface area contributed by atoms with E-state index >= 15 is 0 Å². The van der Waals surface area contributed by atoms with Crippen LogP contribution in [0.15, 0.2) is 39.9 Å². The largest absolute Gasteiger partial charge is 0.332 e. The summed E-state index contributed by atoms with van der Waals surface area (Å²) in [6.07, 6.45) is 2.76. The molecule has 2 aromatic heterocycles. The molecule has 3 heterocycles. The Hall–Kier alpha value is -3.20. The van der Waals surface area contributed by atoms with Gasteiger partial charge >= 0.3 is 5.69 Å². The molecule has 0 bridgehead atoms. The number of carbonyl (C=O) groups is 2. The Kier molecular flexibility index (Phi) is 6.78. The molecule has 2 amide bonds. The number of carbonyl (C=O) groups excluding carboxylic acids is 2. The molecule has 1 aliphatic heterocycles. The van der Waals surface area contributed by atoms with E-state index in [9.17, 15) is 19.2 Å². The summed E-state index contributed by atoms with van der Waals surface area (Å²) in [7, 11) is 0. The van der Waals surface area contributed by atoms with Gasteiger partial charge in [-0.2, -0.15) is 4.98 Å². The molecule has 4 rings (SSSR count). The van der Waals surface area contributed by atoms with E-state index in [-0.39, 0.29) is 47.8 Å². The summed E-state index contributed by atoms with van der Waals surface area (Å²) in [4.78, 5) is 59.1. The number of fused-ring (bicyclic) bond motifs is 1. The molecule has 33 heavy (non-hydrogen) atoms. The van der Waals surface area contributed by atoms with E-state index in [0.29, 0.717) is 19.4 Å². The lowest BCUT2D eigenvalue weighted by Crippen LogP contribution is -2.40. The Morgan fingerprint density at radius 1 is 1.00 bits per heavy atom. The molecule has 1 N–H and O–H groups in total. The highest BCUT2D eigenvalue weighted by Crippen LogP contribution is 2.29. The lowest BCUT2D eigenvalue weighted by atomic mass is 9.98. The van der Waals surface area contributed by atoms with Crippen molar-refractivity contribution in [1.82, 2.24) is 24.0 Å². The lowest BCUT2D eigenvalue weighted by molar-refractivity contribution is -0.138. The van der Waals surface area contributed by atoms with E-state index in [2.05, 4.69) is 9.97 Å². The number of hydrogen-bond acceptors (Lipinski definition) is 5. The summed E-state index contributed by atoms with van der Waals surface area (Å²) < 4.78 is 2.65. The number of likely N-dealkylation sites (tertiary alicyclic amines) is 1. The third kappa shape index (κ3) is 4.50. The first-order chi connectivity index (χ1) is 15.9. The third-order valence-corrected chi connectivity index (χ3v) is 6.21. The summed E-state index contributed by atoms with van der Waals surface area (Å²) in [5, 5.41) is 0.0588. The molecule has 174 valence electrons. The van der Waals surface area contributed by atoms with Crippen molar-refractivity contribution in [3.05, 3.63) is 62.0 Å². The summed E-state index contributed by atoms with van der Waals surface area (Å²) in [5.74, 6) is -0.833. The zero-order chi connectivity index (χ0) is 23.5. The number of hydrogen-bond donors (Lipinski definition) is 1. The Morgan fingerprint density at radius 3 is 2.42 bits per heavy atom. The number of nitrogens with zero attached hydrogens (tertiary/aromatic N) is 4. The summed E-state index contributed by atoms with van der Waals surface area (Å²) in [6.45, 7) is 2.89. The van der Waals surface area contributed by atoms with Crippen molar-refractivity contribution in [3.63, 3.8) is 0 Å². The van der Waals surface area contributed by atoms with E-state index in [1.54, 1.807) is 0 Å². The Labute approximate surface area is 195 Å².